The van der Waals surface area contributed by atoms with Crippen LogP contribution in [-0.2, 0) is 4.79 Å². The maximum atomic E-state index is 12.2. The molecule has 0 aromatic carbocycles. The van der Waals surface area contributed by atoms with Gasteiger partial charge in [0.2, 0.25) is 5.91 Å². The summed E-state index contributed by atoms with van der Waals surface area (Å²) in [6, 6.07) is 6.71. The Labute approximate surface area is 135 Å². The Kier molecular flexibility index (Phi) is 5.90. The number of rotatable bonds is 6. The number of nitrogens with one attached hydrogen (secondary N) is 1. The van der Waals surface area contributed by atoms with Gasteiger partial charge in [-0.3, -0.25) is 4.79 Å². The number of anilines is 1. The number of pyridine rings is 1. The molecule has 2 rings (SSSR count). The van der Waals surface area contributed by atoms with Crippen molar-refractivity contribution in [2.75, 3.05) is 18.4 Å². The lowest BCUT2D eigenvalue weighted by atomic mass is 10.1. The predicted octanol–water partition coefficient (Wildman–Crippen LogP) is 0.987. The van der Waals surface area contributed by atoms with Crippen LogP contribution in [0.4, 0.5) is 5.82 Å². The first kappa shape index (κ1) is 16.7. The minimum atomic E-state index is -0.570. The Morgan fingerprint density at radius 3 is 3.00 bits per heavy atom. The van der Waals surface area contributed by atoms with E-state index in [2.05, 4.69) is 16.4 Å². The van der Waals surface area contributed by atoms with E-state index in [0.717, 1.165) is 19.3 Å². The largest absolute Gasteiger partial charge is 0.370 e. The van der Waals surface area contributed by atoms with Gasteiger partial charge in [0.1, 0.15) is 17.9 Å². The molecule has 0 spiro atoms. The van der Waals surface area contributed by atoms with Crippen LogP contribution in [0.5, 0.6) is 0 Å². The molecule has 0 unspecified atom stereocenters. The van der Waals surface area contributed by atoms with Crippen molar-refractivity contribution in [2.24, 2.45) is 5.73 Å². The molecule has 1 amide bonds. The fourth-order valence-electron chi connectivity index (χ4n) is 2.60. The molecule has 1 aromatic heterocycles. The van der Waals surface area contributed by atoms with E-state index >= 15 is 0 Å². The van der Waals surface area contributed by atoms with Crippen LogP contribution in [0.25, 0.3) is 0 Å². The molecule has 1 aliphatic heterocycles. The van der Waals surface area contributed by atoms with Gasteiger partial charge in [0.05, 0.1) is 17.7 Å². The van der Waals surface area contributed by atoms with Gasteiger partial charge in [0.15, 0.2) is 0 Å². The molecule has 1 fully saturated rings. The van der Waals surface area contributed by atoms with E-state index in [1.165, 1.54) is 6.20 Å². The highest BCUT2D eigenvalue weighted by Crippen LogP contribution is 2.18. The highest BCUT2D eigenvalue weighted by molar-refractivity contribution is 5.82. The molecule has 0 radical (unpaired) electrons. The van der Waals surface area contributed by atoms with E-state index in [-0.39, 0.29) is 11.9 Å². The maximum absolute atomic E-state index is 12.2. The summed E-state index contributed by atoms with van der Waals surface area (Å²) in [5.41, 5.74) is 6.47. The summed E-state index contributed by atoms with van der Waals surface area (Å²) in [4.78, 5) is 17.9. The molecule has 2 heterocycles. The summed E-state index contributed by atoms with van der Waals surface area (Å²) < 4.78 is 0. The molecular formula is C16H20N6O. The lowest BCUT2D eigenvalue weighted by molar-refractivity contribution is -0.132. The number of nitriles is 2. The lowest BCUT2D eigenvalue weighted by Gasteiger charge is -2.23. The Balaban J connectivity index is 1.72. The Morgan fingerprint density at radius 2 is 2.35 bits per heavy atom. The highest BCUT2D eigenvalue weighted by atomic mass is 16.2. The van der Waals surface area contributed by atoms with Crippen molar-refractivity contribution in [1.82, 2.24) is 9.88 Å². The number of amides is 1. The number of hydrogen-bond acceptors (Lipinski definition) is 6. The molecule has 1 aliphatic rings. The number of carbonyl (C=O) groups excluding carboxylic acids is 1. The Bertz CT molecular complexity index is 615. The number of nitrogens with two attached hydrogens (primary N) is 1. The minimum Gasteiger partial charge on any atom is -0.370 e. The second-order valence-electron chi connectivity index (χ2n) is 5.54. The van der Waals surface area contributed by atoms with E-state index in [9.17, 15) is 4.79 Å². The van der Waals surface area contributed by atoms with Crippen LogP contribution in [0.3, 0.4) is 0 Å². The average molecular weight is 312 g/mol. The summed E-state index contributed by atoms with van der Waals surface area (Å²) in [6.07, 6.45) is 4.38. The van der Waals surface area contributed by atoms with Crippen molar-refractivity contribution >= 4 is 11.7 Å². The smallest absolute Gasteiger partial charge is 0.240 e. The maximum Gasteiger partial charge on any atom is 0.240 e. The molecule has 120 valence electrons. The molecule has 3 N–H and O–H groups in total. The topological polar surface area (TPSA) is 119 Å². The zero-order valence-electron chi connectivity index (χ0n) is 12.9. The second kappa shape index (κ2) is 8.11. The van der Waals surface area contributed by atoms with Crippen LogP contribution >= 0.6 is 0 Å². The quantitative estimate of drug-likeness (QED) is 0.756. The zero-order chi connectivity index (χ0) is 16.7. The second-order valence-corrected chi connectivity index (χ2v) is 5.54. The third-order valence-corrected chi connectivity index (χ3v) is 3.89. The van der Waals surface area contributed by atoms with Crippen molar-refractivity contribution in [2.45, 2.75) is 37.8 Å². The molecule has 23 heavy (non-hydrogen) atoms. The first-order valence-electron chi connectivity index (χ1n) is 7.71. The number of likely N-dealkylation sites (tertiary alicyclic amines) is 1. The van der Waals surface area contributed by atoms with Gasteiger partial charge in [0, 0.05) is 19.3 Å². The summed E-state index contributed by atoms with van der Waals surface area (Å²) in [5.74, 6) is 0.554. The first-order chi connectivity index (χ1) is 11.2. The lowest BCUT2D eigenvalue weighted by Crippen LogP contribution is -2.45. The number of aromatic nitrogens is 1. The summed E-state index contributed by atoms with van der Waals surface area (Å²) in [6.45, 7) is 1.26. The van der Waals surface area contributed by atoms with E-state index in [0.29, 0.717) is 30.9 Å². The Morgan fingerprint density at radius 1 is 1.52 bits per heavy atom. The molecule has 2 atom stereocenters. The normalized spacial score (nSPS) is 18.0. The van der Waals surface area contributed by atoms with Gasteiger partial charge in [0.25, 0.3) is 0 Å². The number of nitrogens with zero attached hydrogens (tertiary/aromatic N) is 4. The van der Waals surface area contributed by atoms with Crippen LogP contribution < -0.4 is 11.1 Å². The minimum absolute atomic E-state index is 0.134. The van der Waals surface area contributed by atoms with E-state index < -0.39 is 6.04 Å². The van der Waals surface area contributed by atoms with Crippen molar-refractivity contribution < 1.29 is 4.79 Å². The van der Waals surface area contributed by atoms with Gasteiger partial charge >= 0.3 is 0 Å². The van der Waals surface area contributed by atoms with Crippen molar-refractivity contribution in [3.63, 3.8) is 0 Å². The van der Waals surface area contributed by atoms with Gasteiger partial charge < -0.3 is 16.0 Å². The molecule has 1 aromatic rings. The highest BCUT2D eigenvalue weighted by Gasteiger charge is 2.31. The van der Waals surface area contributed by atoms with Crippen LogP contribution in [0.15, 0.2) is 18.3 Å². The molecule has 0 aliphatic carbocycles. The summed E-state index contributed by atoms with van der Waals surface area (Å²) in [5, 5.41) is 20.9. The van der Waals surface area contributed by atoms with Crippen molar-refractivity contribution in [3.8, 4) is 12.1 Å². The SMILES string of the molecule is N#Cc1ccc(NCCC[C@H](N)C(=O)N2CCC[C@H]2C#N)nc1. The zero-order valence-corrected chi connectivity index (χ0v) is 12.9. The van der Waals surface area contributed by atoms with Gasteiger partial charge in [-0.1, -0.05) is 0 Å². The van der Waals surface area contributed by atoms with Gasteiger partial charge in [-0.25, -0.2) is 4.98 Å². The van der Waals surface area contributed by atoms with Gasteiger partial charge in [-0.05, 0) is 37.8 Å². The molecular weight excluding hydrogens is 292 g/mol. The average Bonchev–Trinajstić information content (AvgIpc) is 3.07. The van der Waals surface area contributed by atoms with Crippen LogP contribution in [0.2, 0.25) is 0 Å². The molecule has 0 bridgehead atoms. The predicted molar refractivity (Wildman–Crippen MR) is 85.0 cm³/mol. The standard InChI is InChI=1S/C16H20N6O/c17-9-12-5-6-15(21-11-12)20-7-1-4-14(19)16(23)22-8-2-3-13(22)10-18/h5-6,11,13-14H,1-4,7-8,19H2,(H,20,21)/t13-,14-/m0/s1. The van der Waals surface area contributed by atoms with Crippen molar-refractivity contribution in [1.29, 1.82) is 10.5 Å². The fourth-order valence-corrected chi connectivity index (χ4v) is 2.60. The summed E-state index contributed by atoms with van der Waals surface area (Å²) in [7, 11) is 0. The van der Waals surface area contributed by atoms with E-state index in [1.54, 1.807) is 17.0 Å². The monoisotopic (exact) mass is 312 g/mol. The van der Waals surface area contributed by atoms with Crippen LogP contribution in [0.1, 0.15) is 31.2 Å². The fraction of sp³-hybridized carbons (Fsp3) is 0.500. The number of carbonyl (C=O) groups is 1. The van der Waals surface area contributed by atoms with Gasteiger partial charge in [-0.2, -0.15) is 10.5 Å². The van der Waals surface area contributed by atoms with Crippen LogP contribution in [-0.4, -0.2) is 41.0 Å². The third-order valence-electron chi connectivity index (χ3n) is 3.89. The Hall–Kier alpha value is -2.64. The molecule has 7 nitrogen and oxygen atoms in total. The number of hydrogen-bond donors (Lipinski definition) is 2. The van der Waals surface area contributed by atoms with E-state index in [1.807, 2.05) is 6.07 Å². The molecule has 0 saturated carbocycles. The summed E-state index contributed by atoms with van der Waals surface area (Å²) >= 11 is 0. The van der Waals surface area contributed by atoms with Gasteiger partial charge in [-0.15, -0.1) is 0 Å². The first-order valence-corrected chi connectivity index (χ1v) is 7.71. The molecule has 7 heteroatoms. The third kappa shape index (κ3) is 4.41. The molecule has 1 saturated heterocycles. The van der Waals surface area contributed by atoms with E-state index in [4.69, 9.17) is 16.3 Å². The van der Waals surface area contributed by atoms with Crippen LogP contribution in [0, 0.1) is 22.7 Å². The van der Waals surface area contributed by atoms with Crippen molar-refractivity contribution in [3.05, 3.63) is 23.9 Å².